The quantitative estimate of drug-likeness (QED) is 0.160. The van der Waals surface area contributed by atoms with Gasteiger partial charge in [0.25, 0.3) is 6.71 Å². The van der Waals surface area contributed by atoms with Crippen LogP contribution in [0.3, 0.4) is 0 Å². The molecule has 2 aliphatic rings. The van der Waals surface area contributed by atoms with Gasteiger partial charge in [0.2, 0.25) is 0 Å². The Morgan fingerprint density at radius 3 is 1.38 bits per heavy atom. The Labute approximate surface area is 430 Å². The van der Waals surface area contributed by atoms with E-state index < -0.39 is 0 Å². The molecule has 0 bridgehead atoms. The minimum Gasteiger partial charge on any atom is -0.468 e. The molecule has 6 heteroatoms. The Kier molecular flexibility index (Phi) is 10.4. The van der Waals surface area contributed by atoms with Gasteiger partial charge in [-0.15, -0.1) is 11.3 Å². The zero-order valence-corrected chi connectivity index (χ0v) is 44.7. The molecule has 0 fully saturated rings. The molecule has 2 aliphatic heterocycles. The highest BCUT2D eigenvalue weighted by molar-refractivity contribution is 7.26. The van der Waals surface area contributed by atoms with Gasteiger partial charge in [-0.05, 0) is 140 Å². The zero-order valence-electron chi connectivity index (χ0n) is 43.9. The summed E-state index contributed by atoms with van der Waals surface area (Å²) in [4.78, 5) is 7.62. The Morgan fingerprint density at radius 1 is 0.431 bits per heavy atom. The van der Waals surface area contributed by atoms with Crippen molar-refractivity contribution in [1.29, 1.82) is 0 Å². The molecule has 0 aliphatic carbocycles. The van der Waals surface area contributed by atoms with Crippen molar-refractivity contribution in [2.75, 3.05) is 14.7 Å². The van der Waals surface area contributed by atoms with Gasteiger partial charge in [-0.2, -0.15) is 0 Å². The van der Waals surface area contributed by atoms with Crippen molar-refractivity contribution in [3.63, 3.8) is 0 Å². The fraction of sp³-hybridized carbons (Fsp3) is 0.242. The summed E-state index contributed by atoms with van der Waals surface area (Å²) in [6.07, 6.45) is 0. The third-order valence-electron chi connectivity index (χ3n) is 15.3. The average Bonchev–Trinajstić information content (AvgIpc) is 3.92. The molecule has 2 aromatic heterocycles. The third kappa shape index (κ3) is 7.39. The summed E-state index contributed by atoms with van der Waals surface area (Å²) in [5, 5.41) is 3.60. The van der Waals surface area contributed by atoms with E-state index in [9.17, 15) is 0 Å². The van der Waals surface area contributed by atoms with Crippen LogP contribution in [0.25, 0.3) is 31.1 Å². The molecule has 0 saturated heterocycles. The highest BCUT2D eigenvalue weighted by atomic mass is 32.1. The van der Waals surface area contributed by atoms with Gasteiger partial charge in [-0.25, -0.2) is 0 Å². The number of fused-ring (bicyclic) bond motifs is 10. The van der Waals surface area contributed by atoms with Gasteiger partial charge < -0.3 is 19.1 Å². The van der Waals surface area contributed by atoms with Gasteiger partial charge in [-0.3, -0.25) is 0 Å². The minimum atomic E-state index is -0.279. The molecule has 10 aromatic rings. The summed E-state index contributed by atoms with van der Waals surface area (Å²) < 4.78 is 9.99. The molecule has 0 spiro atoms. The maximum absolute atomic E-state index is 7.47. The van der Waals surface area contributed by atoms with E-state index in [1.54, 1.807) is 0 Å². The van der Waals surface area contributed by atoms with E-state index in [-0.39, 0.29) is 28.4 Å². The summed E-state index contributed by atoms with van der Waals surface area (Å²) in [5.74, 6) is 0. The van der Waals surface area contributed by atoms with Crippen LogP contribution < -0.4 is 31.3 Å². The number of anilines is 9. The summed E-state index contributed by atoms with van der Waals surface area (Å²) in [5.41, 5.74) is 19.6. The second-order valence-corrected chi connectivity index (χ2v) is 25.3. The second kappa shape index (κ2) is 16.2. The lowest BCUT2D eigenvalue weighted by molar-refractivity contribution is 0.590. The summed E-state index contributed by atoms with van der Waals surface area (Å²) in [7, 11) is 0. The van der Waals surface area contributed by atoms with Crippen LogP contribution in [0.4, 0.5) is 51.2 Å². The number of benzene rings is 8. The molecule has 0 amide bonds. The number of thiophene rings is 1. The van der Waals surface area contributed by atoms with Crippen LogP contribution in [0, 0.1) is 0 Å². The van der Waals surface area contributed by atoms with E-state index in [4.69, 9.17) is 4.42 Å². The predicted molar refractivity (Wildman–Crippen MR) is 313 cm³/mol. The molecule has 0 unspecified atom stereocenters. The van der Waals surface area contributed by atoms with E-state index in [1.165, 1.54) is 59.0 Å². The molecule has 8 aromatic carbocycles. The monoisotopic (exact) mass is 957 g/mol. The van der Waals surface area contributed by atoms with E-state index in [0.29, 0.717) is 0 Å². The summed E-state index contributed by atoms with van der Waals surface area (Å²) in [6.45, 7) is 27.3. The molecule has 4 heterocycles. The second-order valence-electron chi connectivity index (χ2n) is 24.3. The van der Waals surface area contributed by atoms with Crippen molar-refractivity contribution in [3.05, 3.63) is 192 Å². The van der Waals surface area contributed by atoms with Crippen molar-refractivity contribution >= 4 is 117 Å². The lowest BCUT2D eigenvalue weighted by Gasteiger charge is -2.44. The van der Waals surface area contributed by atoms with Crippen molar-refractivity contribution in [2.24, 2.45) is 0 Å². The molecule has 4 nitrogen and oxygen atoms in total. The summed E-state index contributed by atoms with van der Waals surface area (Å²) in [6, 6.07) is 64.3. The number of hydrogen-bond donors (Lipinski definition) is 0. The van der Waals surface area contributed by atoms with Crippen LogP contribution in [-0.2, 0) is 21.7 Å². The Morgan fingerprint density at radius 2 is 0.875 bits per heavy atom. The van der Waals surface area contributed by atoms with Crippen molar-refractivity contribution in [1.82, 2.24) is 0 Å². The fourth-order valence-corrected chi connectivity index (χ4v) is 12.5. The van der Waals surface area contributed by atoms with Gasteiger partial charge in [0.15, 0.2) is 0 Å². The van der Waals surface area contributed by atoms with Crippen molar-refractivity contribution in [2.45, 2.75) is 105 Å². The Balaban J connectivity index is 1.24. The standard InChI is InChI=1S/C66H64BN3OS/c1-63(2,3)41-24-32-45(33-25-41)68(46-34-26-42(27-35-46)64(4,5)6)54-40-51-49-18-14-16-23-56(49)72-61(51)60-58(54)67-57-52(20-17-21-53(57)70(60)48-38-30-44(31-39-48)66(10,11)12)69(47-36-28-43(29-37-47)65(7,8)9)59-50-19-13-15-22-55(50)71-62(59)67/h13-40H,1-12H3. The molecule has 0 radical (unpaired) electrons. The Hall–Kier alpha value is -7.02. The molecule has 72 heavy (non-hydrogen) atoms. The number of para-hydroxylation sites is 1. The maximum atomic E-state index is 7.47. The predicted octanol–water partition coefficient (Wildman–Crippen LogP) is 17.5. The third-order valence-corrected chi connectivity index (χ3v) is 16.5. The van der Waals surface area contributed by atoms with E-state index in [0.717, 1.165) is 62.1 Å². The number of rotatable bonds is 5. The molecule has 0 atom stereocenters. The molecular formula is C66H64BN3OS. The van der Waals surface area contributed by atoms with E-state index in [1.807, 2.05) is 11.3 Å². The number of hydrogen-bond acceptors (Lipinski definition) is 5. The van der Waals surface area contributed by atoms with Gasteiger partial charge in [0.05, 0.1) is 21.7 Å². The average molecular weight is 958 g/mol. The van der Waals surface area contributed by atoms with Gasteiger partial charge in [0.1, 0.15) is 5.58 Å². The lowest BCUT2D eigenvalue weighted by Crippen LogP contribution is -2.61. The minimum absolute atomic E-state index is 0.00638. The normalized spacial score (nSPS) is 13.8. The molecule has 0 saturated carbocycles. The smallest absolute Gasteiger partial charge is 0.299 e. The molecular weight excluding hydrogens is 894 g/mol. The SMILES string of the molecule is CC(C)(C)c1ccc(N(c2ccc(C(C)(C)C)cc2)c2cc3c(sc4ccccc43)c3c2B2c4oc5ccccc5c4N(c4ccc(C(C)(C)C)cc4)c4cccc(c42)N3c2ccc(C(C)(C)C)cc2)cc1. The first-order valence-electron chi connectivity index (χ1n) is 25.7. The first-order valence-corrected chi connectivity index (χ1v) is 26.5. The first kappa shape index (κ1) is 46.1. The first-order chi connectivity index (χ1) is 34.3. The van der Waals surface area contributed by atoms with Crippen LogP contribution in [0.15, 0.2) is 174 Å². The Bertz CT molecular complexity index is 3670. The zero-order chi connectivity index (χ0) is 50.2. The largest absolute Gasteiger partial charge is 0.468 e. The maximum Gasteiger partial charge on any atom is 0.299 e. The van der Waals surface area contributed by atoms with E-state index >= 15 is 0 Å². The number of furan rings is 1. The van der Waals surface area contributed by atoms with Gasteiger partial charge in [0, 0.05) is 60.7 Å². The van der Waals surface area contributed by atoms with Gasteiger partial charge in [-0.1, -0.05) is 168 Å². The molecule has 358 valence electrons. The molecule has 0 N–H and O–H groups in total. The lowest BCUT2D eigenvalue weighted by atomic mass is 9.35. The van der Waals surface area contributed by atoms with Gasteiger partial charge >= 0.3 is 0 Å². The van der Waals surface area contributed by atoms with Crippen molar-refractivity contribution < 1.29 is 4.42 Å². The van der Waals surface area contributed by atoms with Crippen LogP contribution in [0.2, 0.25) is 0 Å². The van der Waals surface area contributed by atoms with Crippen LogP contribution in [0.5, 0.6) is 0 Å². The number of nitrogens with zero attached hydrogens (tertiary/aromatic N) is 3. The highest BCUT2D eigenvalue weighted by Gasteiger charge is 2.49. The topological polar surface area (TPSA) is 22.9 Å². The molecule has 12 rings (SSSR count). The van der Waals surface area contributed by atoms with E-state index in [2.05, 4.69) is 268 Å². The van der Waals surface area contributed by atoms with Crippen LogP contribution in [-0.4, -0.2) is 6.71 Å². The fourth-order valence-electron chi connectivity index (χ4n) is 11.3. The van der Waals surface area contributed by atoms with Crippen molar-refractivity contribution in [3.8, 4) is 0 Å². The van der Waals surface area contributed by atoms with Crippen LogP contribution in [0.1, 0.15) is 105 Å². The highest BCUT2D eigenvalue weighted by Crippen LogP contribution is 2.53. The summed E-state index contributed by atoms with van der Waals surface area (Å²) >= 11 is 1.90. The van der Waals surface area contributed by atoms with Crippen LogP contribution >= 0.6 is 11.3 Å².